The fourth-order valence-corrected chi connectivity index (χ4v) is 3.51. The number of carboxylic acid groups (broad SMARTS) is 1. The third kappa shape index (κ3) is 2.62. The lowest BCUT2D eigenvalue weighted by Crippen LogP contribution is -2.30. The van der Waals surface area contributed by atoms with E-state index in [-0.39, 0.29) is 0 Å². The van der Waals surface area contributed by atoms with Crippen LogP contribution in [0.15, 0.2) is 23.3 Å². The summed E-state index contributed by atoms with van der Waals surface area (Å²) in [6.07, 6.45) is 10.5. The Balaban J connectivity index is 2.14. The van der Waals surface area contributed by atoms with Gasteiger partial charge in [-0.2, -0.15) is 0 Å². The molecule has 0 aromatic rings. The van der Waals surface area contributed by atoms with Crippen molar-refractivity contribution in [1.29, 1.82) is 0 Å². The Bertz CT molecular complexity index is 378. The average molecular weight is 234 g/mol. The van der Waals surface area contributed by atoms with E-state index >= 15 is 0 Å². The Hall–Kier alpha value is -1.05. The Morgan fingerprint density at radius 3 is 2.94 bits per heavy atom. The van der Waals surface area contributed by atoms with E-state index in [1.807, 2.05) is 6.08 Å². The Kier molecular flexibility index (Phi) is 3.41. The Morgan fingerprint density at radius 1 is 1.47 bits per heavy atom. The molecule has 2 unspecified atom stereocenters. The molecule has 1 saturated carbocycles. The van der Waals surface area contributed by atoms with Crippen LogP contribution in [0, 0.1) is 11.3 Å². The van der Waals surface area contributed by atoms with E-state index in [0.29, 0.717) is 11.3 Å². The highest BCUT2D eigenvalue weighted by atomic mass is 16.4. The van der Waals surface area contributed by atoms with E-state index in [2.05, 4.69) is 13.8 Å². The molecule has 0 aromatic heterocycles. The Labute approximate surface area is 103 Å². The van der Waals surface area contributed by atoms with Gasteiger partial charge in [0.2, 0.25) is 0 Å². The molecule has 2 nitrogen and oxygen atoms in total. The van der Waals surface area contributed by atoms with Gasteiger partial charge in [-0.3, -0.25) is 0 Å². The van der Waals surface area contributed by atoms with Crippen molar-refractivity contribution in [3.63, 3.8) is 0 Å². The number of hydrogen-bond donors (Lipinski definition) is 1. The number of fused-ring (bicyclic) bond motifs is 1. The van der Waals surface area contributed by atoms with Gasteiger partial charge in [-0.25, -0.2) is 4.79 Å². The van der Waals surface area contributed by atoms with Gasteiger partial charge in [0, 0.05) is 6.08 Å². The van der Waals surface area contributed by atoms with Crippen LogP contribution in [0.1, 0.15) is 52.4 Å². The molecule has 2 aliphatic rings. The Morgan fingerprint density at radius 2 is 2.24 bits per heavy atom. The van der Waals surface area contributed by atoms with Crippen LogP contribution < -0.4 is 0 Å². The monoisotopic (exact) mass is 234 g/mol. The topological polar surface area (TPSA) is 37.3 Å². The van der Waals surface area contributed by atoms with Gasteiger partial charge in [-0.05, 0) is 56.8 Å². The van der Waals surface area contributed by atoms with Gasteiger partial charge in [0.1, 0.15) is 0 Å². The number of hydrogen-bond acceptors (Lipinski definition) is 1. The zero-order valence-electron chi connectivity index (χ0n) is 10.8. The molecule has 0 spiro atoms. The third-order valence-electron chi connectivity index (χ3n) is 4.57. The summed E-state index contributed by atoms with van der Waals surface area (Å²) in [5.41, 5.74) is 3.60. The summed E-state index contributed by atoms with van der Waals surface area (Å²) < 4.78 is 0. The number of carbonyl (C=O) groups is 1. The molecule has 1 fully saturated rings. The van der Waals surface area contributed by atoms with Crippen molar-refractivity contribution < 1.29 is 9.90 Å². The lowest BCUT2D eigenvalue weighted by Gasteiger charge is -2.43. The molecule has 0 heterocycles. The normalized spacial score (nSPS) is 33.9. The summed E-state index contributed by atoms with van der Waals surface area (Å²) in [4.78, 5) is 10.6. The summed E-state index contributed by atoms with van der Waals surface area (Å²) in [6.45, 7) is 4.65. The van der Waals surface area contributed by atoms with Crippen LogP contribution in [0.2, 0.25) is 0 Å². The quantitative estimate of drug-likeness (QED) is 0.580. The van der Waals surface area contributed by atoms with Gasteiger partial charge in [-0.1, -0.05) is 24.1 Å². The minimum Gasteiger partial charge on any atom is -0.478 e. The van der Waals surface area contributed by atoms with Gasteiger partial charge in [-0.15, -0.1) is 0 Å². The smallest absolute Gasteiger partial charge is 0.327 e. The number of rotatable bonds is 2. The van der Waals surface area contributed by atoms with E-state index in [4.69, 9.17) is 5.11 Å². The van der Waals surface area contributed by atoms with Crippen LogP contribution in [-0.2, 0) is 4.79 Å². The second-order valence-corrected chi connectivity index (χ2v) is 5.87. The summed E-state index contributed by atoms with van der Waals surface area (Å²) >= 11 is 0. The fraction of sp³-hybridized carbons (Fsp3) is 0.667. The SMILES string of the molecule is CC1=C2CC(C=CC(=O)O)CCC2(C)CCC1. The van der Waals surface area contributed by atoms with E-state index in [1.165, 1.54) is 31.8 Å². The number of allylic oxidation sites excluding steroid dienone is 3. The maximum absolute atomic E-state index is 10.6. The highest BCUT2D eigenvalue weighted by Gasteiger charge is 2.37. The van der Waals surface area contributed by atoms with Crippen LogP contribution >= 0.6 is 0 Å². The van der Waals surface area contributed by atoms with Gasteiger partial charge in [0.15, 0.2) is 0 Å². The molecule has 2 atom stereocenters. The van der Waals surface area contributed by atoms with Gasteiger partial charge in [0.25, 0.3) is 0 Å². The first-order valence-corrected chi connectivity index (χ1v) is 6.61. The standard InChI is InChI=1S/C15H22O2/c1-11-4-3-8-15(2)9-7-12(10-13(11)15)5-6-14(16)17/h5-6,12H,3-4,7-10H2,1-2H3,(H,16,17). The average Bonchev–Trinajstić information content (AvgIpc) is 2.27. The van der Waals surface area contributed by atoms with Crippen molar-refractivity contribution >= 4 is 5.97 Å². The molecule has 94 valence electrons. The van der Waals surface area contributed by atoms with Gasteiger partial charge < -0.3 is 5.11 Å². The first-order chi connectivity index (χ1) is 8.01. The minimum absolute atomic E-state index is 0.413. The molecule has 1 N–H and O–H groups in total. The molecular formula is C15H22O2. The van der Waals surface area contributed by atoms with Crippen LogP contribution in [-0.4, -0.2) is 11.1 Å². The lowest BCUT2D eigenvalue weighted by atomic mass is 9.62. The first kappa shape index (κ1) is 12.4. The maximum Gasteiger partial charge on any atom is 0.327 e. The molecule has 0 bridgehead atoms. The van der Waals surface area contributed by atoms with Gasteiger partial charge >= 0.3 is 5.97 Å². The molecule has 0 radical (unpaired) electrons. The van der Waals surface area contributed by atoms with Crippen molar-refractivity contribution in [1.82, 2.24) is 0 Å². The van der Waals surface area contributed by atoms with E-state index in [1.54, 1.807) is 11.1 Å². The molecule has 0 aliphatic heterocycles. The molecular weight excluding hydrogens is 212 g/mol. The molecule has 2 rings (SSSR count). The third-order valence-corrected chi connectivity index (χ3v) is 4.57. The predicted octanol–water partition coefficient (Wildman–Crippen LogP) is 3.93. The summed E-state index contributed by atoms with van der Waals surface area (Å²) in [7, 11) is 0. The number of aliphatic carboxylic acids is 1. The van der Waals surface area contributed by atoms with Crippen molar-refractivity contribution in [2.75, 3.05) is 0 Å². The molecule has 17 heavy (non-hydrogen) atoms. The molecule has 0 saturated heterocycles. The molecule has 2 aliphatic carbocycles. The number of carboxylic acids is 1. The predicted molar refractivity (Wildman–Crippen MR) is 68.8 cm³/mol. The summed E-state index contributed by atoms with van der Waals surface area (Å²) in [5.74, 6) is -0.394. The lowest BCUT2D eigenvalue weighted by molar-refractivity contribution is -0.131. The largest absolute Gasteiger partial charge is 0.478 e. The highest BCUT2D eigenvalue weighted by molar-refractivity contribution is 5.79. The first-order valence-electron chi connectivity index (χ1n) is 6.61. The summed E-state index contributed by atoms with van der Waals surface area (Å²) in [6, 6.07) is 0. The van der Waals surface area contributed by atoms with Crippen LogP contribution in [0.25, 0.3) is 0 Å². The van der Waals surface area contributed by atoms with Crippen molar-refractivity contribution in [3.8, 4) is 0 Å². The van der Waals surface area contributed by atoms with E-state index in [0.717, 1.165) is 12.8 Å². The van der Waals surface area contributed by atoms with Crippen LogP contribution in [0.5, 0.6) is 0 Å². The zero-order valence-corrected chi connectivity index (χ0v) is 10.8. The molecule has 2 heteroatoms. The molecule has 0 aromatic carbocycles. The van der Waals surface area contributed by atoms with E-state index < -0.39 is 5.97 Å². The van der Waals surface area contributed by atoms with Crippen LogP contribution in [0.3, 0.4) is 0 Å². The fourth-order valence-electron chi connectivity index (χ4n) is 3.51. The second-order valence-electron chi connectivity index (χ2n) is 5.87. The highest BCUT2D eigenvalue weighted by Crippen LogP contribution is 2.51. The second kappa shape index (κ2) is 4.67. The van der Waals surface area contributed by atoms with Gasteiger partial charge in [0.05, 0.1) is 0 Å². The zero-order chi connectivity index (χ0) is 12.5. The van der Waals surface area contributed by atoms with Crippen molar-refractivity contribution in [3.05, 3.63) is 23.3 Å². The van der Waals surface area contributed by atoms with E-state index in [9.17, 15) is 4.79 Å². The maximum atomic E-state index is 10.6. The van der Waals surface area contributed by atoms with Crippen molar-refractivity contribution in [2.24, 2.45) is 11.3 Å². The minimum atomic E-state index is -0.826. The summed E-state index contributed by atoms with van der Waals surface area (Å²) in [5, 5.41) is 8.68. The van der Waals surface area contributed by atoms with Crippen molar-refractivity contribution in [2.45, 2.75) is 52.4 Å². The molecule has 0 amide bonds. The van der Waals surface area contributed by atoms with Crippen LogP contribution in [0.4, 0.5) is 0 Å².